The molecule has 0 aromatic carbocycles. The molecule has 37 heavy (non-hydrogen) atoms. The predicted octanol–water partition coefficient (Wildman–Crippen LogP) is 2.47. The fourth-order valence-corrected chi connectivity index (χ4v) is 6.95. The summed E-state index contributed by atoms with van der Waals surface area (Å²) in [6.07, 6.45) is 0. The maximum Gasteiger partial charge on any atom is 0.590 e. The van der Waals surface area contributed by atoms with Crippen molar-refractivity contribution in [1.82, 2.24) is 0 Å². The second kappa shape index (κ2) is 9.92. The van der Waals surface area contributed by atoms with Crippen LogP contribution in [0.25, 0.3) is 0 Å². The Labute approximate surface area is 199 Å². The third-order valence-electron chi connectivity index (χ3n) is 2.47. The SMILES string of the molecule is C[Si](C)(C)[O+]=S(=O)(O[B-](OS(=O)(=O)C(F)(F)F)(OS(=O)(=O)C(F)(F)F)OS(=O)(=O)C(F)(F)F)C(F)(F)F. The van der Waals surface area contributed by atoms with E-state index in [1.54, 1.807) is 0 Å². The van der Waals surface area contributed by atoms with Crippen LogP contribution in [0.1, 0.15) is 0 Å². The second-order valence-electron chi connectivity index (χ2n) is 6.76. The molecule has 224 valence electrons. The molecule has 0 spiro atoms. The van der Waals surface area contributed by atoms with Crippen molar-refractivity contribution in [2.75, 3.05) is 0 Å². The average Bonchev–Trinajstić information content (AvgIpc) is 2.45. The normalized spacial score (nSPS) is 17.4. The van der Waals surface area contributed by atoms with Crippen molar-refractivity contribution >= 4 is 55.7 Å². The number of rotatable bonds is 9. The zero-order valence-electron chi connectivity index (χ0n) is 17.1. The third kappa shape index (κ3) is 9.06. The number of halogens is 12. The van der Waals surface area contributed by atoms with Gasteiger partial charge in [0.15, 0.2) is 0 Å². The predicted molar refractivity (Wildman–Crippen MR) is 93.2 cm³/mol. The molecule has 30 heteroatoms. The molecule has 0 radical (unpaired) electrons. The maximum absolute atomic E-state index is 13.4. The van der Waals surface area contributed by atoms with E-state index in [-0.39, 0.29) is 0 Å². The van der Waals surface area contributed by atoms with Crippen molar-refractivity contribution in [2.24, 2.45) is 0 Å². The van der Waals surface area contributed by atoms with Gasteiger partial charge in [0.25, 0.3) is 0 Å². The molecular weight excluding hydrogens is 671 g/mol. The Morgan fingerprint density at radius 2 is 0.757 bits per heavy atom. The van der Waals surface area contributed by atoms with Crippen molar-refractivity contribution in [1.29, 1.82) is 0 Å². The first-order valence-electron chi connectivity index (χ1n) is 7.73. The minimum atomic E-state index is -8.00. The molecule has 0 aromatic rings. The Morgan fingerprint density at radius 3 is 0.919 bits per heavy atom. The Hall–Kier alpha value is -0.918. The van der Waals surface area contributed by atoms with Gasteiger partial charge in [-0.05, 0) is 0 Å². The van der Waals surface area contributed by atoms with Gasteiger partial charge in [-0.3, -0.25) is 0 Å². The molecule has 1 unspecified atom stereocenters. The number of hydrogen-bond donors (Lipinski definition) is 0. The van der Waals surface area contributed by atoms with E-state index < -0.39 is 77.8 Å². The Bertz CT molecular complexity index is 1180. The van der Waals surface area contributed by atoms with E-state index in [0.717, 1.165) is 0 Å². The standard InChI is InChI=1S/C7H9BF12O12S4Si/c1-37(2,3)32-36(27,7(18,19)20)31-8(28-33(21,22)4(9,10)11,29-34(23,24)5(12,13)14)30-35(25,26)6(15,16)17/h1-3H3. The Morgan fingerprint density at radius 1 is 0.514 bits per heavy atom. The lowest BCUT2D eigenvalue weighted by molar-refractivity contribution is -0.0669. The highest BCUT2D eigenvalue weighted by Crippen LogP contribution is 2.40. The van der Waals surface area contributed by atoms with Gasteiger partial charge in [-0.15, -0.1) is 4.21 Å². The molecule has 0 rings (SSSR count). The molecule has 0 fully saturated rings. The van der Waals surface area contributed by atoms with Crippen molar-refractivity contribution in [3.63, 3.8) is 0 Å². The smallest absolute Gasteiger partial charge is 0.398 e. The number of hydrogen-bond acceptors (Lipinski definition) is 11. The second-order valence-corrected chi connectivity index (χ2v) is 17.9. The molecule has 0 aromatic heterocycles. The first-order chi connectivity index (χ1) is 15.5. The summed E-state index contributed by atoms with van der Waals surface area (Å²) in [6.45, 7) is -5.93. The minimum absolute atomic E-state index is 0.602. The maximum atomic E-state index is 13.4. The molecule has 0 aliphatic carbocycles. The van der Waals surface area contributed by atoms with E-state index in [1.165, 1.54) is 0 Å². The van der Waals surface area contributed by atoms with Crippen LogP contribution >= 0.6 is 0 Å². The van der Waals surface area contributed by atoms with E-state index in [0.29, 0.717) is 19.6 Å². The fourth-order valence-electron chi connectivity index (χ4n) is 1.33. The molecule has 0 saturated heterocycles. The summed E-state index contributed by atoms with van der Waals surface area (Å²) in [5.41, 5.74) is -28.1. The summed E-state index contributed by atoms with van der Waals surface area (Å²) in [7, 11) is -35.5. The topological polar surface area (TPSA) is 168 Å². The van der Waals surface area contributed by atoms with Crippen LogP contribution in [0, 0.1) is 0 Å². The first kappa shape index (κ1) is 36.1. The third-order valence-corrected chi connectivity index (χ3v) is 9.57. The minimum Gasteiger partial charge on any atom is -0.398 e. The van der Waals surface area contributed by atoms with Crippen LogP contribution in [0.2, 0.25) is 19.6 Å². The summed E-state index contributed by atoms with van der Waals surface area (Å²) in [5, 5.41) is 0. The molecule has 0 N–H and O–H groups in total. The molecule has 0 heterocycles. The molecule has 0 aliphatic heterocycles. The largest absolute Gasteiger partial charge is 0.590 e. The average molecular weight is 680 g/mol. The Balaban J connectivity index is 7.98. The highest BCUT2D eigenvalue weighted by molar-refractivity contribution is 7.93. The van der Waals surface area contributed by atoms with Gasteiger partial charge in [0.2, 0.25) is 0 Å². The van der Waals surface area contributed by atoms with Crippen molar-refractivity contribution in [3.05, 3.63) is 0 Å². The molecule has 12 nitrogen and oxygen atoms in total. The lowest BCUT2D eigenvalue weighted by Crippen LogP contribution is -2.59. The van der Waals surface area contributed by atoms with Crippen LogP contribution in [-0.4, -0.2) is 66.8 Å². The number of alkyl halides is 12. The monoisotopic (exact) mass is 680 g/mol. The van der Waals surface area contributed by atoms with Gasteiger partial charge >= 0.3 is 77.8 Å². The van der Waals surface area contributed by atoms with Crippen LogP contribution < -0.4 is 0 Å². The molecular formula is C7H9BF12O12S4Si. The summed E-state index contributed by atoms with van der Waals surface area (Å²) < 4.78 is 248. The van der Waals surface area contributed by atoms with E-state index >= 15 is 0 Å². The molecule has 0 amide bonds. The highest BCUT2D eigenvalue weighted by atomic mass is 32.2. The molecule has 1 atom stereocenters. The van der Waals surface area contributed by atoms with Gasteiger partial charge in [0.1, 0.15) is 0 Å². The van der Waals surface area contributed by atoms with Gasteiger partial charge < -0.3 is 19.9 Å². The van der Waals surface area contributed by atoms with Crippen LogP contribution in [0.15, 0.2) is 0 Å². The molecule has 0 bridgehead atoms. The van der Waals surface area contributed by atoms with Gasteiger partial charge in [0.05, 0.1) is 0 Å². The lowest BCUT2D eigenvalue weighted by Gasteiger charge is -2.37. The summed E-state index contributed by atoms with van der Waals surface area (Å²) in [6, 6.07) is 0. The van der Waals surface area contributed by atoms with Gasteiger partial charge in [-0.2, -0.15) is 77.9 Å². The zero-order chi connectivity index (χ0) is 30.5. The van der Waals surface area contributed by atoms with E-state index in [4.69, 9.17) is 0 Å². The van der Waals surface area contributed by atoms with Crippen LogP contribution in [0.3, 0.4) is 0 Å². The first-order valence-corrected chi connectivity index (χ1v) is 16.8. The summed E-state index contributed by atoms with van der Waals surface area (Å²) in [5.74, 6) is 0. The molecule has 0 aliphatic rings. The van der Waals surface area contributed by atoms with Crippen molar-refractivity contribution < 1.29 is 102 Å². The van der Waals surface area contributed by atoms with Gasteiger partial charge in [-0.25, -0.2) is 0 Å². The molecule has 0 saturated carbocycles. The quantitative estimate of drug-likeness (QED) is 0.152. The van der Waals surface area contributed by atoms with Gasteiger partial charge in [0, 0.05) is 19.6 Å². The van der Waals surface area contributed by atoms with Crippen LogP contribution in [0.4, 0.5) is 52.7 Å². The lowest BCUT2D eigenvalue weighted by atomic mass is 10.1. The van der Waals surface area contributed by atoms with Gasteiger partial charge in [-0.1, -0.05) is 0 Å². The van der Waals surface area contributed by atoms with Crippen LogP contribution in [0.5, 0.6) is 0 Å². The van der Waals surface area contributed by atoms with Crippen molar-refractivity contribution in [2.45, 2.75) is 41.7 Å². The van der Waals surface area contributed by atoms with Crippen molar-refractivity contribution in [3.8, 4) is 0 Å². The highest BCUT2D eigenvalue weighted by Gasteiger charge is 2.67. The van der Waals surface area contributed by atoms with E-state index in [1.807, 2.05) is 0 Å². The fraction of sp³-hybridized carbons (Fsp3) is 1.00. The van der Waals surface area contributed by atoms with E-state index in [2.05, 4.69) is 19.9 Å². The summed E-state index contributed by atoms with van der Waals surface area (Å²) in [4.78, 5) is 0. The Kier molecular flexibility index (Phi) is 9.68. The van der Waals surface area contributed by atoms with E-state index in [9.17, 15) is 82.1 Å². The van der Waals surface area contributed by atoms with Crippen LogP contribution in [-0.2, 0) is 60.4 Å². The zero-order valence-corrected chi connectivity index (χ0v) is 21.4. The summed E-state index contributed by atoms with van der Waals surface area (Å²) >= 11 is 0.